The number of carbonyl (C=O) groups excluding carboxylic acids is 1. The van der Waals surface area contributed by atoms with Gasteiger partial charge in [0.1, 0.15) is 5.75 Å². The summed E-state index contributed by atoms with van der Waals surface area (Å²) in [6, 6.07) is 13.1. The molecule has 0 aromatic heterocycles. The summed E-state index contributed by atoms with van der Waals surface area (Å²) >= 11 is 0. The zero-order valence-corrected chi connectivity index (χ0v) is 17.4. The van der Waals surface area contributed by atoms with Gasteiger partial charge in [-0.05, 0) is 49.1 Å². The number of ether oxygens (including phenoxy) is 1. The number of carbonyl (C=O) groups is 1. The predicted molar refractivity (Wildman–Crippen MR) is 110 cm³/mol. The number of nitrogens with zero attached hydrogens (tertiary/aromatic N) is 1. The summed E-state index contributed by atoms with van der Waals surface area (Å²) in [5.41, 5.74) is 3.60. The average molecular weight is 403 g/mol. The van der Waals surface area contributed by atoms with E-state index in [0.29, 0.717) is 11.4 Å². The van der Waals surface area contributed by atoms with Crippen LogP contribution in [0.25, 0.3) is 0 Å². The Labute approximate surface area is 166 Å². The maximum Gasteiger partial charge on any atom is 0.263 e. The normalized spacial score (nSPS) is 17.4. The van der Waals surface area contributed by atoms with Gasteiger partial charge in [0, 0.05) is 0 Å². The van der Waals surface area contributed by atoms with Gasteiger partial charge in [0.25, 0.3) is 5.91 Å². The van der Waals surface area contributed by atoms with Crippen LogP contribution in [0.5, 0.6) is 5.75 Å². The van der Waals surface area contributed by atoms with Gasteiger partial charge >= 0.3 is 0 Å². The van der Waals surface area contributed by atoms with Gasteiger partial charge in [0.15, 0.2) is 6.10 Å². The molecule has 1 heterocycles. The van der Waals surface area contributed by atoms with Crippen LogP contribution < -0.4 is 14.4 Å². The number of hydrogen-bond acceptors (Lipinski definition) is 4. The molecule has 28 heavy (non-hydrogen) atoms. The molecule has 0 bridgehead atoms. The molecule has 150 valence electrons. The van der Waals surface area contributed by atoms with Crippen molar-refractivity contribution in [1.82, 2.24) is 5.32 Å². The number of benzene rings is 2. The Kier molecular flexibility index (Phi) is 5.65. The second-order valence-corrected chi connectivity index (χ2v) is 9.10. The molecule has 0 fully saturated rings. The summed E-state index contributed by atoms with van der Waals surface area (Å²) in [5, 5.41) is 2.93. The fourth-order valence-electron chi connectivity index (χ4n) is 3.24. The van der Waals surface area contributed by atoms with E-state index in [1.165, 1.54) is 9.87 Å². The minimum atomic E-state index is -3.54. The molecular weight excluding hydrogens is 376 g/mol. The van der Waals surface area contributed by atoms with E-state index in [9.17, 15) is 13.2 Å². The average Bonchev–Trinajstić information content (AvgIpc) is 2.66. The third-order valence-corrected chi connectivity index (χ3v) is 6.07. The van der Waals surface area contributed by atoms with Gasteiger partial charge in [-0.15, -0.1) is 0 Å². The zero-order valence-electron chi connectivity index (χ0n) is 16.6. The van der Waals surface area contributed by atoms with Crippen LogP contribution in [0, 0.1) is 6.92 Å². The van der Waals surface area contributed by atoms with E-state index in [1.807, 2.05) is 44.2 Å². The van der Waals surface area contributed by atoms with Gasteiger partial charge in [-0.3, -0.25) is 9.10 Å². The highest BCUT2D eigenvalue weighted by atomic mass is 32.2. The van der Waals surface area contributed by atoms with Crippen molar-refractivity contribution in [2.24, 2.45) is 0 Å². The Morgan fingerprint density at radius 3 is 2.54 bits per heavy atom. The number of hydrogen-bond donors (Lipinski definition) is 1. The molecule has 1 aliphatic heterocycles. The fraction of sp³-hybridized carbons (Fsp3) is 0.381. The van der Waals surface area contributed by atoms with E-state index in [4.69, 9.17) is 4.74 Å². The Balaban J connectivity index is 1.79. The van der Waals surface area contributed by atoms with Crippen molar-refractivity contribution in [3.63, 3.8) is 0 Å². The zero-order chi connectivity index (χ0) is 20.5. The smallest absolute Gasteiger partial charge is 0.263 e. The molecule has 0 unspecified atom stereocenters. The summed E-state index contributed by atoms with van der Waals surface area (Å²) in [7, 11) is -3.54. The predicted octanol–water partition coefficient (Wildman–Crippen LogP) is 2.96. The van der Waals surface area contributed by atoms with Crippen molar-refractivity contribution in [2.75, 3.05) is 17.1 Å². The van der Waals surface area contributed by atoms with Crippen LogP contribution in [0.2, 0.25) is 0 Å². The standard InChI is InChI=1S/C21H26N2O4S/c1-5-16-7-9-17(10-8-16)15(3)22-21(24)20-13-23(28(4,25)26)18-12-14(2)6-11-19(18)27-20/h6-12,15,20H,5,13H2,1-4H3,(H,22,24)/t15-,20-/m1/s1. The van der Waals surface area contributed by atoms with Crippen LogP contribution in [-0.2, 0) is 21.2 Å². The van der Waals surface area contributed by atoms with E-state index < -0.39 is 16.1 Å². The fourth-order valence-corrected chi connectivity index (χ4v) is 4.15. The molecule has 0 aliphatic carbocycles. The largest absolute Gasteiger partial charge is 0.476 e. The molecule has 1 N–H and O–H groups in total. The van der Waals surface area contributed by atoms with Crippen LogP contribution in [-0.4, -0.2) is 33.2 Å². The second kappa shape index (κ2) is 7.83. The van der Waals surface area contributed by atoms with Crippen molar-refractivity contribution in [3.8, 4) is 5.75 Å². The van der Waals surface area contributed by atoms with E-state index in [0.717, 1.165) is 23.8 Å². The van der Waals surface area contributed by atoms with E-state index in [2.05, 4.69) is 12.2 Å². The molecule has 2 aromatic carbocycles. The number of fused-ring (bicyclic) bond motifs is 1. The van der Waals surface area contributed by atoms with Crippen molar-refractivity contribution in [2.45, 2.75) is 39.3 Å². The number of nitrogens with one attached hydrogen (secondary N) is 1. The Hall–Kier alpha value is -2.54. The third-order valence-electron chi connectivity index (χ3n) is 4.92. The summed E-state index contributed by atoms with van der Waals surface area (Å²) in [4.78, 5) is 12.8. The first-order valence-electron chi connectivity index (χ1n) is 9.33. The lowest BCUT2D eigenvalue weighted by molar-refractivity contribution is -0.128. The molecule has 0 saturated heterocycles. The minimum Gasteiger partial charge on any atom is -0.476 e. The van der Waals surface area contributed by atoms with Crippen LogP contribution in [0.15, 0.2) is 42.5 Å². The molecule has 3 rings (SSSR count). The Morgan fingerprint density at radius 2 is 1.93 bits per heavy atom. The lowest BCUT2D eigenvalue weighted by Crippen LogP contribution is -2.50. The van der Waals surface area contributed by atoms with Crippen LogP contribution in [0.4, 0.5) is 5.69 Å². The quantitative estimate of drug-likeness (QED) is 0.834. The summed E-state index contributed by atoms with van der Waals surface area (Å²) < 4.78 is 31.6. The second-order valence-electron chi connectivity index (χ2n) is 7.20. The molecule has 7 heteroatoms. The molecular formula is C21H26N2O4S. The SMILES string of the molecule is CCc1ccc([C@@H](C)NC(=O)[C@H]2CN(S(C)(=O)=O)c3cc(C)ccc3O2)cc1. The lowest BCUT2D eigenvalue weighted by atomic mass is 10.0. The number of amides is 1. The van der Waals surface area contributed by atoms with E-state index >= 15 is 0 Å². The van der Waals surface area contributed by atoms with Crippen molar-refractivity contribution < 1.29 is 17.9 Å². The monoisotopic (exact) mass is 402 g/mol. The van der Waals surface area contributed by atoms with Gasteiger partial charge in [-0.1, -0.05) is 37.3 Å². The maximum atomic E-state index is 12.8. The van der Waals surface area contributed by atoms with Gasteiger partial charge in [-0.2, -0.15) is 0 Å². The number of anilines is 1. The number of rotatable bonds is 5. The Morgan fingerprint density at radius 1 is 1.25 bits per heavy atom. The molecule has 2 atom stereocenters. The highest BCUT2D eigenvalue weighted by molar-refractivity contribution is 7.92. The number of sulfonamides is 1. The first-order valence-corrected chi connectivity index (χ1v) is 11.2. The van der Waals surface area contributed by atoms with Crippen molar-refractivity contribution in [1.29, 1.82) is 0 Å². The van der Waals surface area contributed by atoms with E-state index in [-0.39, 0.29) is 18.5 Å². The summed E-state index contributed by atoms with van der Waals surface area (Å²) in [6.07, 6.45) is 1.18. The molecule has 0 saturated carbocycles. The van der Waals surface area contributed by atoms with E-state index in [1.54, 1.807) is 12.1 Å². The summed E-state index contributed by atoms with van der Waals surface area (Å²) in [5.74, 6) is 0.0503. The third kappa shape index (κ3) is 4.30. The van der Waals surface area contributed by atoms with Gasteiger partial charge in [0.2, 0.25) is 10.0 Å². The highest BCUT2D eigenvalue weighted by Crippen LogP contribution is 2.35. The maximum absolute atomic E-state index is 12.8. The molecule has 0 spiro atoms. The van der Waals surface area contributed by atoms with Gasteiger partial charge < -0.3 is 10.1 Å². The highest BCUT2D eigenvalue weighted by Gasteiger charge is 2.35. The van der Waals surface area contributed by atoms with Gasteiger partial charge in [0.05, 0.1) is 24.5 Å². The van der Waals surface area contributed by atoms with Crippen LogP contribution in [0.1, 0.15) is 36.6 Å². The molecule has 1 amide bonds. The van der Waals surface area contributed by atoms with Crippen molar-refractivity contribution in [3.05, 3.63) is 59.2 Å². The lowest BCUT2D eigenvalue weighted by Gasteiger charge is -2.34. The Bertz CT molecular complexity index is 970. The first kappa shape index (κ1) is 20.2. The minimum absolute atomic E-state index is 0.0530. The molecule has 1 aliphatic rings. The van der Waals surface area contributed by atoms with Crippen LogP contribution >= 0.6 is 0 Å². The summed E-state index contributed by atoms with van der Waals surface area (Å²) in [6.45, 7) is 5.81. The van der Waals surface area contributed by atoms with Crippen LogP contribution in [0.3, 0.4) is 0 Å². The van der Waals surface area contributed by atoms with Gasteiger partial charge in [-0.25, -0.2) is 8.42 Å². The topological polar surface area (TPSA) is 75.7 Å². The molecule has 2 aromatic rings. The van der Waals surface area contributed by atoms with Crippen molar-refractivity contribution >= 4 is 21.6 Å². The first-order chi connectivity index (χ1) is 13.2. The number of aryl methyl sites for hydroxylation is 2. The molecule has 0 radical (unpaired) electrons. The molecule has 6 nitrogen and oxygen atoms in total.